The van der Waals surface area contributed by atoms with Crippen molar-refractivity contribution in [3.63, 3.8) is 0 Å². The molecule has 0 saturated carbocycles. The van der Waals surface area contributed by atoms with Crippen LogP contribution in [0.1, 0.15) is 52.6 Å². The van der Waals surface area contributed by atoms with E-state index < -0.39 is 21.8 Å². The Morgan fingerprint density at radius 3 is 1.35 bits per heavy atom. The summed E-state index contributed by atoms with van der Waals surface area (Å²) in [7, 11) is 2.68. The molecule has 4 aromatic carbocycles. The number of para-hydroxylation sites is 2. The maximum atomic E-state index is 12.2. The van der Waals surface area contributed by atoms with Crippen LogP contribution in [0.4, 0.5) is 11.4 Å². The van der Waals surface area contributed by atoms with Gasteiger partial charge in [0.1, 0.15) is 17.7 Å². The molecule has 0 spiro atoms. The van der Waals surface area contributed by atoms with Gasteiger partial charge in [-0.15, -0.1) is 34.8 Å². The molecule has 0 aliphatic rings. The van der Waals surface area contributed by atoms with E-state index in [1.807, 2.05) is 0 Å². The van der Waals surface area contributed by atoms with Gasteiger partial charge in [-0.3, -0.25) is 20.2 Å². The van der Waals surface area contributed by atoms with Gasteiger partial charge in [0.25, 0.3) is 11.4 Å². The molecule has 0 saturated heterocycles. The number of carboxylic acids is 1. The Bertz CT molecular complexity index is 1900. The molecule has 0 unspecified atom stereocenters. The molecule has 0 fully saturated rings. The second-order valence-corrected chi connectivity index (χ2v) is 13.1. The fourth-order valence-corrected chi connectivity index (χ4v) is 5.51. The number of methoxy groups -OCH3 is 2. The van der Waals surface area contributed by atoms with Crippen LogP contribution in [0, 0.1) is 20.2 Å². The highest BCUT2D eigenvalue weighted by Gasteiger charge is 2.22. The fourth-order valence-electron chi connectivity index (χ4n) is 4.35. The second-order valence-electron chi connectivity index (χ2n) is 10.4. The summed E-state index contributed by atoms with van der Waals surface area (Å²) in [6, 6.07) is 18.2. The minimum atomic E-state index is -1.16. The maximum Gasteiger partial charge on any atom is 0.343 e. The summed E-state index contributed by atoms with van der Waals surface area (Å²) >= 11 is 38.3. The maximum absolute atomic E-state index is 12.2. The van der Waals surface area contributed by atoms with Gasteiger partial charge in [-0.1, -0.05) is 97.5 Å². The number of nitrogens with zero attached hydrogens (tertiary/aromatic N) is 3. The fraction of sp³-hybridized carbons (Fsp3) is 0.297. The summed E-state index contributed by atoms with van der Waals surface area (Å²) < 4.78 is 15.0. The number of esters is 1. The summed E-state index contributed by atoms with van der Waals surface area (Å²) in [5, 5.41) is 30.9. The highest BCUT2D eigenvalue weighted by atomic mass is 35.5. The van der Waals surface area contributed by atoms with E-state index in [1.54, 1.807) is 24.3 Å². The molecule has 0 amide bonds. The lowest BCUT2D eigenvalue weighted by molar-refractivity contribution is -0.385. The number of alkyl halides is 3. The van der Waals surface area contributed by atoms with E-state index >= 15 is 0 Å². The minimum Gasteiger partial charge on any atom is -0.494 e. The first-order valence-electron chi connectivity index (χ1n) is 16.3. The highest BCUT2D eigenvalue weighted by Crippen LogP contribution is 2.35. The molecule has 20 heteroatoms. The number of rotatable bonds is 12. The molecule has 57 heavy (non-hydrogen) atoms. The number of nitro groups is 2. The van der Waals surface area contributed by atoms with Crippen molar-refractivity contribution < 1.29 is 38.8 Å². The average Bonchev–Trinajstić information content (AvgIpc) is 3.20. The zero-order valence-corrected chi connectivity index (χ0v) is 36.6. The van der Waals surface area contributed by atoms with Crippen molar-refractivity contribution in [2.75, 3.05) is 39.2 Å². The van der Waals surface area contributed by atoms with E-state index in [-0.39, 0.29) is 77.5 Å². The van der Waals surface area contributed by atoms with Crippen molar-refractivity contribution >= 4 is 105 Å². The van der Waals surface area contributed by atoms with Crippen LogP contribution in [0.5, 0.6) is 11.5 Å². The Kier molecular flexibility index (Phi) is 27.5. The molecule has 4 rings (SSSR count). The first-order valence-corrected chi connectivity index (χ1v) is 19.5. The van der Waals surface area contributed by atoms with Crippen LogP contribution in [-0.4, -0.2) is 71.0 Å². The Morgan fingerprint density at radius 1 is 0.649 bits per heavy atom. The van der Waals surface area contributed by atoms with E-state index in [9.17, 15) is 29.8 Å². The molecule has 13 nitrogen and oxygen atoms in total. The quantitative estimate of drug-likeness (QED) is 0.0620. The van der Waals surface area contributed by atoms with Gasteiger partial charge in [-0.2, -0.15) is 0 Å². The second kappa shape index (κ2) is 29.4. The van der Waals surface area contributed by atoms with Crippen molar-refractivity contribution in [3.8, 4) is 11.5 Å². The number of aromatic carboxylic acids is 1. The molecule has 0 atom stereocenters. The van der Waals surface area contributed by atoms with Crippen LogP contribution in [0.25, 0.3) is 0 Å². The third-order valence-electron chi connectivity index (χ3n) is 7.16. The number of hydrogen-bond acceptors (Lipinski definition) is 10. The zero-order chi connectivity index (χ0) is 43.7. The number of halogens is 7. The lowest BCUT2D eigenvalue weighted by Crippen LogP contribution is -2.21. The Hall–Kier alpha value is -3.79. The van der Waals surface area contributed by atoms with E-state index in [0.29, 0.717) is 5.56 Å². The SMILES string of the molecule is CCN(CC)CC.COc1c(Cl)ccc(Cl)c1C(=O)O.COc1c(Cl)ccc(Cl)c1C(=O)OCc1ccccc1[N+](=O)[O-].ClCCl.O=[N+]([O-])c1ccccc1CCl. The summed E-state index contributed by atoms with van der Waals surface area (Å²) in [5.41, 5.74) is 0.631. The van der Waals surface area contributed by atoms with Crippen molar-refractivity contribution in [1.82, 2.24) is 4.90 Å². The standard InChI is InChI=1S/C15H11Cl2NO5.C8H6Cl2O3.C7H6ClNO2.C6H15N.CH2Cl2/c1-22-14-11(17)7-6-10(16)13(14)15(19)23-8-9-4-2-3-5-12(9)18(20)21;1-13-7-5(10)3-2-4(9)6(7)8(11)12;8-5-6-3-1-2-4-7(6)9(10)11;1-4-7(5-2)6-3;2-1-3/h2-7H,8H2,1H3;2-3H,1H3,(H,11,12);1-4H,5H2;4-6H2,1-3H3;1H2. The minimum absolute atomic E-state index is 0.0275. The molecule has 0 aliphatic heterocycles. The van der Waals surface area contributed by atoms with Gasteiger partial charge in [0.15, 0.2) is 11.5 Å². The highest BCUT2D eigenvalue weighted by molar-refractivity contribution is 6.40. The summed E-state index contributed by atoms with van der Waals surface area (Å²) in [5.74, 6) is -1.60. The number of benzene rings is 4. The van der Waals surface area contributed by atoms with Crippen LogP contribution in [0.3, 0.4) is 0 Å². The number of nitro benzene ring substituents is 2. The van der Waals surface area contributed by atoms with Crippen LogP contribution < -0.4 is 9.47 Å². The number of hydrogen-bond donors (Lipinski definition) is 1. The van der Waals surface area contributed by atoms with E-state index in [2.05, 4.69) is 25.7 Å². The van der Waals surface area contributed by atoms with Gasteiger partial charge in [0.2, 0.25) is 0 Å². The first-order chi connectivity index (χ1) is 27.0. The molecule has 0 heterocycles. The molecule has 0 aromatic heterocycles. The van der Waals surface area contributed by atoms with Gasteiger partial charge >= 0.3 is 11.9 Å². The van der Waals surface area contributed by atoms with Crippen LogP contribution in [-0.2, 0) is 17.2 Å². The largest absolute Gasteiger partial charge is 0.494 e. The average molecular weight is 935 g/mol. The molecule has 0 bridgehead atoms. The van der Waals surface area contributed by atoms with Crippen molar-refractivity contribution in [2.45, 2.75) is 33.3 Å². The Balaban J connectivity index is 0.000000783. The van der Waals surface area contributed by atoms with Crippen LogP contribution >= 0.6 is 81.2 Å². The number of carbonyl (C=O) groups is 2. The Labute approximate surface area is 365 Å². The van der Waals surface area contributed by atoms with Crippen LogP contribution in [0.15, 0.2) is 72.8 Å². The molecular weight excluding hydrogens is 895 g/mol. The van der Waals surface area contributed by atoms with Gasteiger partial charge in [-0.25, -0.2) is 9.59 Å². The Morgan fingerprint density at radius 2 is 1.02 bits per heavy atom. The van der Waals surface area contributed by atoms with Gasteiger partial charge in [-0.05, 0) is 50.0 Å². The van der Waals surface area contributed by atoms with Gasteiger partial charge in [0.05, 0.1) is 60.9 Å². The summed E-state index contributed by atoms with van der Waals surface area (Å²) in [6.07, 6.45) is 0. The van der Waals surface area contributed by atoms with Crippen molar-refractivity contribution in [2.24, 2.45) is 0 Å². The zero-order valence-electron chi connectivity index (χ0n) is 31.3. The topological polar surface area (TPSA) is 172 Å². The third-order valence-corrected chi connectivity index (χ3v) is 8.68. The van der Waals surface area contributed by atoms with E-state index in [1.165, 1.54) is 82.4 Å². The lowest BCUT2D eigenvalue weighted by atomic mass is 10.2. The molecule has 312 valence electrons. The van der Waals surface area contributed by atoms with Crippen LogP contribution in [0.2, 0.25) is 20.1 Å². The normalized spacial score (nSPS) is 9.77. The molecule has 4 aromatic rings. The molecule has 0 aliphatic carbocycles. The molecular formula is C37H40Cl7N3O10. The van der Waals surface area contributed by atoms with E-state index in [4.69, 9.17) is 101 Å². The predicted octanol–water partition coefficient (Wildman–Crippen LogP) is 12.1. The number of ether oxygens (including phenoxy) is 3. The number of carboxylic acid groups (broad SMARTS) is 1. The van der Waals surface area contributed by atoms with Crippen molar-refractivity contribution in [3.05, 3.63) is 135 Å². The summed E-state index contributed by atoms with van der Waals surface area (Å²) in [6.45, 7) is 9.85. The van der Waals surface area contributed by atoms with Crippen molar-refractivity contribution in [1.29, 1.82) is 0 Å². The van der Waals surface area contributed by atoms with Gasteiger partial charge in [0, 0.05) is 17.7 Å². The van der Waals surface area contributed by atoms with Gasteiger partial charge < -0.3 is 24.2 Å². The third kappa shape index (κ3) is 18.1. The molecule has 1 N–H and O–H groups in total. The predicted molar refractivity (Wildman–Crippen MR) is 228 cm³/mol. The molecule has 0 radical (unpaired) electrons. The lowest BCUT2D eigenvalue weighted by Gasteiger charge is -2.13. The monoisotopic (exact) mass is 931 g/mol. The number of carbonyl (C=O) groups excluding carboxylic acids is 1. The summed E-state index contributed by atoms with van der Waals surface area (Å²) in [4.78, 5) is 45.6. The smallest absolute Gasteiger partial charge is 0.343 e. The first kappa shape index (κ1) is 53.2. The van der Waals surface area contributed by atoms with E-state index in [0.717, 1.165) is 0 Å².